The van der Waals surface area contributed by atoms with Crippen molar-refractivity contribution in [1.29, 1.82) is 0 Å². The van der Waals surface area contributed by atoms with Gasteiger partial charge < -0.3 is 14.9 Å². The molecule has 1 aromatic rings. The summed E-state index contributed by atoms with van der Waals surface area (Å²) in [4.78, 5) is 0. The van der Waals surface area contributed by atoms with Crippen LogP contribution in [0.25, 0.3) is 0 Å². The summed E-state index contributed by atoms with van der Waals surface area (Å²) in [6.45, 7) is 23.2. The molecule has 4 aliphatic carbocycles. The summed E-state index contributed by atoms with van der Waals surface area (Å²) in [5.74, 6) is 6.73. The van der Waals surface area contributed by atoms with E-state index in [1.165, 1.54) is 50.5 Å². The maximum atomic E-state index is 4.93. The average Bonchev–Trinajstić information content (AvgIpc) is 3.42. The van der Waals surface area contributed by atoms with Gasteiger partial charge in [-0.3, -0.25) is 0 Å². The van der Waals surface area contributed by atoms with Crippen molar-refractivity contribution in [2.75, 3.05) is 0 Å². The molecule has 4 aliphatic rings. The van der Waals surface area contributed by atoms with Crippen LogP contribution in [0.3, 0.4) is 0 Å². The molecule has 0 bridgehead atoms. The number of benzene rings is 1. The van der Waals surface area contributed by atoms with Crippen molar-refractivity contribution >= 4 is 25.1 Å². The molecule has 0 nitrogen and oxygen atoms in total. The van der Waals surface area contributed by atoms with Crippen molar-refractivity contribution in [3.63, 3.8) is 0 Å². The topological polar surface area (TPSA) is 0 Å². The van der Waals surface area contributed by atoms with Crippen molar-refractivity contribution in [2.24, 2.45) is 40.9 Å². The molecule has 4 fully saturated rings. The van der Waals surface area contributed by atoms with Gasteiger partial charge in [0.15, 0.2) is 0 Å². The Balaban J connectivity index is 0.00000113. The molecule has 0 amide bonds. The molecule has 41 heavy (non-hydrogen) atoms. The van der Waals surface area contributed by atoms with Crippen LogP contribution in [-0.4, -0.2) is 8.07 Å². The first-order valence-corrected chi connectivity index (χ1v) is 25.8. The van der Waals surface area contributed by atoms with E-state index < -0.39 is 28.9 Å². The van der Waals surface area contributed by atoms with E-state index in [1.54, 1.807) is 18.4 Å². The van der Waals surface area contributed by atoms with Gasteiger partial charge in [-0.25, -0.2) is 0 Å². The monoisotopic (exact) mass is 696 g/mol. The fraction of sp³-hybridized carbons (Fsp3) is 0.784. The number of fused-ring (bicyclic) bond motifs is 2. The van der Waals surface area contributed by atoms with Gasteiger partial charge in [-0.2, -0.15) is 0 Å². The maximum absolute atomic E-state index is 4.93. The first kappa shape index (κ1) is 38.1. The zero-order valence-electron chi connectivity index (χ0n) is 28.6. The zero-order valence-corrected chi connectivity index (χ0v) is 33.6. The summed E-state index contributed by atoms with van der Waals surface area (Å²) < 4.78 is 0. The molecule has 4 heteroatoms. The molecular weight excluding hydrogens is 635 g/mol. The number of rotatable bonds is 3. The third-order valence-corrected chi connectivity index (χ3v) is 17.7. The molecule has 9 unspecified atom stereocenters. The molecule has 0 aromatic heterocycles. The fourth-order valence-corrected chi connectivity index (χ4v) is 16.9. The summed E-state index contributed by atoms with van der Waals surface area (Å²) in [7, 11) is 8.47. The standard InChI is InChI=1S/C35H58Si.2CH3.2ClH.Zr/c1-23-21-30-26(24-17-19-25(20-18-24)34(2,3)4)15-12-16-29(30)33(23)36(8,9)32-22-31(35(5,6)7)27-13-10-11-14-28(27)32;;;;;/h17-20,23,26-33H,10-16,21-22H2,1-9H3;2*1H3;2*1H;/q;2*-1;;;+4/p-2. The summed E-state index contributed by atoms with van der Waals surface area (Å²) in [6, 6.07) is 9.93. The van der Waals surface area contributed by atoms with Gasteiger partial charge in [0.2, 0.25) is 0 Å². The Kier molecular flexibility index (Phi) is 13.9. The van der Waals surface area contributed by atoms with Gasteiger partial charge in [-0.1, -0.05) is 118 Å². The van der Waals surface area contributed by atoms with Crippen LogP contribution in [0.1, 0.15) is 123 Å². The Morgan fingerprint density at radius 2 is 1.27 bits per heavy atom. The SMILES string of the molecule is CC1CC2C(c3ccc(C(C)(C)C)cc3)CCCC2C1[Si](C)(C)C1CC(C(C)(C)C)C2CCCCC21.[CH3-].[CH3-].[Cl][Zr+2][Cl]. The average molecular weight is 699 g/mol. The van der Waals surface area contributed by atoms with Gasteiger partial charge in [0.25, 0.3) is 0 Å². The third kappa shape index (κ3) is 8.01. The van der Waals surface area contributed by atoms with E-state index in [9.17, 15) is 0 Å². The first-order valence-electron chi connectivity index (χ1n) is 16.3. The van der Waals surface area contributed by atoms with E-state index in [1.807, 2.05) is 0 Å². The van der Waals surface area contributed by atoms with E-state index in [-0.39, 0.29) is 20.3 Å². The van der Waals surface area contributed by atoms with Gasteiger partial charge in [0.1, 0.15) is 0 Å². The minimum atomic E-state index is -1.40. The summed E-state index contributed by atoms with van der Waals surface area (Å²) >= 11 is -0.826. The number of halogens is 2. The quantitative estimate of drug-likeness (QED) is 0.218. The van der Waals surface area contributed by atoms with Gasteiger partial charge in [-0.05, 0) is 100 Å². The molecule has 0 N–H and O–H groups in total. The van der Waals surface area contributed by atoms with Gasteiger partial charge in [0, 0.05) is 0 Å². The molecule has 5 rings (SSSR count). The Hall–Kier alpha value is 0.900. The van der Waals surface area contributed by atoms with Crippen LogP contribution in [0.2, 0.25) is 24.2 Å². The second-order valence-electron chi connectivity index (χ2n) is 16.8. The molecule has 0 saturated heterocycles. The molecule has 1 aromatic carbocycles. The second-order valence-corrected chi connectivity index (χ2v) is 25.6. The van der Waals surface area contributed by atoms with E-state index in [0.29, 0.717) is 5.41 Å². The van der Waals surface area contributed by atoms with Crippen LogP contribution in [0.5, 0.6) is 0 Å². The Labute approximate surface area is 277 Å². The van der Waals surface area contributed by atoms with E-state index in [4.69, 9.17) is 17.0 Å². The molecule has 0 radical (unpaired) electrons. The van der Waals surface area contributed by atoms with Gasteiger partial charge in [-0.15, -0.1) is 0 Å². The van der Waals surface area contributed by atoms with Crippen LogP contribution in [0, 0.1) is 55.8 Å². The van der Waals surface area contributed by atoms with E-state index in [2.05, 4.69) is 85.8 Å². The van der Waals surface area contributed by atoms with Crippen LogP contribution in [-0.2, 0) is 26.3 Å². The van der Waals surface area contributed by atoms with Crippen LogP contribution in [0.15, 0.2) is 24.3 Å². The predicted molar refractivity (Wildman–Crippen MR) is 185 cm³/mol. The Morgan fingerprint density at radius 1 is 0.732 bits per heavy atom. The summed E-state index contributed by atoms with van der Waals surface area (Å²) in [5, 5.41) is 0. The van der Waals surface area contributed by atoms with E-state index >= 15 is 0 Å². The number of hydrogen-bond donors (Lipinski definition) is 0. The predicted octanol–water partition coefficient (Wildman–Crippen LogP) is 13.1. The molecule has 0 spiro atoms. The second kappa shape index (κ2) is 15.0. The molecule has 4 saturated carbocycles. The first-order chi connectivity index (χ1) is 18.2. The summed E-state index contributed by atoms with van der Waals surface area (Å²) in [5.41, 5.74) is 6.00. The Morgan fingerprint density at radius 3 is 1.80 bits per heavy atom. The van der Waals surface area contributed by atoms with Crippen molar-refractivity contribution in [2.45, 2.75) is 142 Å². The third-order valence-electron chi connectivity index (χ3n) is 12.4. The fourth-order valence-electron chi connectivity index (χ4n) is 10.9. The van der Waals surface area contributed by atoms with Crippen molar-refractivity contribution in [3.05, 3.63) is 50.2 Å². The Bertz CT molecular complexity index is 930. The minimum absolute atomic E-state index is 0. The molecule has 234 valence electrons. The normalized spacial score (nSPS) is 35.0. The summed E-state index contributed by atoms with van der Waals surface area (Å²) in [6.07, 6.45) is 13.6. The van der Waals surface area contributed by atoms with Crippen molar-refractivity contribution < 1.29 is 20.8 Å². The molecule has 9 atom stereocenters. The van der Waals surface area contributed by atoms with Crippen LogP contribution >= 0.6 is 17.0 Å². The van der Waals surface area contributed by atoms with Crippen LogP contribution in [0.4, 0.5) is 0 Å². The van der Waals surface area contributed by atoms with Crippen molar-refractivity contribution in [3.8, 4) is 0 Å². The molecule has 0 aliphatic heterocycles. The van der Waals surface area contributed by atoms with Crippen LogP contribution < -0.4 is 0 Å². The van der Waals surface area contributed by atoms with E-state index in [0.717, 1.165) is 52.5 Å². The zero-order chi connectivity index (χ0) is 28.8. The van der Waals surface area contributed by atoms with Gasteiger partial charge in [0.05, 0.1) is 8.07 Å². The van der Waals surface area contributed by atoms with Gasteiger partial charge >= 0.3 is 37.9 Å². The van der Waals surface area contributed by atoms with Crippen molar-refractivity contribution in [1.82, 2.24) is 0 Å². The number of hydrogen-bond acceptors (Lipinski definition) is 0. The molecule has 0 heterocycles. The molecular formula is C37H64Cl2SiZr.